The van der Waals surface area contributed by atoms with Crippen molar-refractivity contribution in [1.29, 1.82) is 0 Å². The summed E-state index contributed by atoms with van der Waals surface area (Å²) in [6.45, 7) is 4.92. The molecule has 1 amide bonds. The van der Waals surface area contributed by atoms with Gasteiger partial charge in [-0.25, -0.2) is 4.98 Å². The quantitative estimate of drug-likeness (QED) is 0.790. The van der Waals surface area contributed by atoms with Crippen LogP contribution in [0.1, 0.15) is 35.7 Å². The van der Waals surface area contributed by atoms with Gasteiger partial charge in [-0.05, 0) is 49.2 Å². The normalized spacial score (nSPS) is 10.4. The van der Waals surface area contributed by atoms with E-state index >= 15 is 0 Å². The van der Waals surface area contributed by atoms with E-state index in [9.17, 15) is 4.79 Å². The molecule has 0 aliphatic carbocycles. The summed E-state index contributed by atoms with van der Waals surface area (Å²) in [6.07, 6.45) is 3.75. The van der Waals surface area contributed by atoms with Gasteiger partial charge in [0.2, 0.25) is 0 Å². The van der Waals surface area contributed by atoms with Crippen LogP contribution in [0.3, 0.4) is 0 Å². The van der Waals surface area contributed by atoms with E-state index in [-0.39, 0.29) is 5.91 Å². The number of aryl methyl sites for hydroxylation is 1. The first-order valence-electron chi connectivity index (χ1n) is 7.76. The Morgan fingerprint density at radius 1 is 1.30 bits per heavy atom. The molecule has 0 radical (unpaired) electrons. The SMILES string of the molecule is CCCCN(C)C(=O)c1ccnc(Nc2ccc(Br)c(C)c2)c1. The Balaban J connectivity index is 2.13. The smallest absolute Gasteiger partial charge is 0.253 e. The number of hydrogen-bond acceptors (Lipinski definition) is 3. The molecule has 23 heavy (non-hydrogen) atoms. The molecule has 1 N–H and O–H groups in total. The fourth-order valence-electron chi connectivity index (χ4n) is 2.22. The Labute approximate surface area is 146 Å². The highest BCUT2D eigenvalue weighted by Gasteiger charge is 2.12. The van der Waals surface area contributed by atoms with Gasteiger partial charge in [-0.2, -0.15) is 0 Å². The minimum atomic E-state index is 0.0240. The lowest BCUT2D eigenvalue weighted by atomic mass is 10.2. The van der Waals surface area contributed by atoms with E-state index in [1.165, 1.54) is 0 Å². The number of hydrogen-bond donors (Lipinski definition) is 1. The first-order valence-corrected chi connectivity index (χ1v) is 8.55. The Kier molecular flexibility index (Phi) is 6.16. The summed E-state index contributed by atoms with van der Waals surface area (Å²) in [4.78, 5) is 18.5. The number of pyridine rings is 1. The van der Waals surface area contributed by atoms with E-state index in [0.717, 1.165) is 35.1 Å². The lowest BCUT2D eigenvalue weighted by Gasteiger charge is -2.17. The standard InChI is InChI=1S/C18H22BrN3O/c1-4-5-10-22(3)18(23)14-8-9-20-17(12-14)21-15-6-7-16(19)13(2)11-15/h6-9,11-12H,4-5,10H2,1-3H3,(H,20,21). The van der Waals surface area contributed by atoms with Gasteiger partial charge in [0.1, 0.15) is 5.82 Å². The molecule has 0 unspecified atom stereocenters. The second kappa shape index (κ2) is 8.11. The third-order valence-electron chi connectivity index (χ3n) is 3.63. The second-order valence-electron chi connectivity index (χ2n) is 5.60. The number of unbranched alkanes of at least 4 members (excludes halogenated alkanes) is 1. The average molecular weight is 376 g/mol. The molecule has 0 spiro atoms. The maximum Gasteiger partial charge on any atom is 0.253 e. The molecule has 0 saturated heterocycles. The number of rotatable bonds is 6. The monoisotopic (exact) mass is 375 g/mol. The molecule has 0 aliphatic rings. The van der Waals surface area contributed by atoms with Crippen LogP contribution in [0.4, 0.5) is 11.5 Å². The maximum atomic E-state index is 12.4. The number of halogens is 1. The Hall–Kier alpha value is -1.88. The van der Waals surface area contributed by atoms with Crippen LogP contribution < -0.4 is 5.32 Å². The second-order valence-corrected chi connectivity index (χ2v) is 6.45. The first-order chi connectivity index (χ1) is 11.0. The Morgan fingerprint density at radius 2 is 2.09 bits per heavy atom. The zero-order valence-electron chi connectivity index (χ0n) is 13.8. The maximum absolute atomic E-state index is 12.4. The van der Waals surface area contributed by atoms with E-state index in [1.54, 1.807) is 23.2 Å². The van der Waals surface area contributed by atoms with Crippen LogP contribution in [-0.4, -0.2) is 29.4 Å². The summed E-state index contributed by atoms with van der Waals surface area (Å²) in [5.74, 6) is 0.692. The molecule has 1 aromatic carbocycles. The molecule has 2 rings (SSSR count). The van der Waals surface area contributed by atoms with E-state index in [0.29, 0.717) is 11.4 Å². The van der Waals surface area contributed by atoms with Crippen LogP contribution in [-0.2, 0) is 0 Å². The number of carbonyl (C=O) groups is 1. The van der Waals surface area contributed by atoms with Crippen molar-refractivity contribution in [2.24, 2.45) is 0 Å². The highest BCUT2D eigenvalue weighted by molar-refractivity contribution is 9.10. The third-order valence-corrected chi connectivity index (χ3v) is 4.52. The van der Waals surface area contributed by atoms with Gasteiger partial charge >= 0.3 is 0 Å². The molecule has 0 atom stereocenters. The van der Waals surface area contributed by atoms with Gasteiger partial charge in [0.25, 0.3) is 5.91 Å². The van der Waals surface area contributed by atoms with Gasteiger partial charge in [0.05, 0.1) is 0 Å². The summed E-state index contributed by atoms with van der Waals surface area (Å²) < 4.78 is 1.07. The average Bonchev–Trinajstić information content (AvgIpc) is 2.55. The van der Waals surface area contributed by atoms with E-state index in [4.69, 9.17) is 0 Å². The van der Waals surface area contributed by atoms with Crippen molar-refractivity contribution < 1.29 is 4.79 Å². The van der Waals surface area contributed by atoms with E-state index in [2.05, 4.69) is 33.2 Å². The van der Waals surface area contributed by atoms with Crippen LogP contribution in [0, 0.1) is 6.92 Å². The summed E-state index contributed by atoms with van der Waals surface area (Å²) in [7, 11) is 1.84. The summed E-state index contributed by atoms with van der Waals surface area (Å²) in [5, 5.41) is 3.25. The molecule has 4 nitrogen and oxygen atoms in total. The van der Waals surface area contributed by atoms with E-state index < -0.39 is 0 Å². The lowest BCUT2D eigenvalue weighted by Crippen LogP contribution is -2.27. The minimum absolute atomic E-state index is 0.0240. The molecular weight excluding hydrogens is 354 g/mol. The molecule has 5 heteroatoms. The van der Waals surface area contributed by atoms with Gasteiger partial charge in [0, 0.05) is 35.5 Å². The zero-order valence-corrected chi connectivity index (χ0v) is 15.4. The largest absolute Gasteiger partial charge is 0.342 e. The molecule has 2 aromatic rings. The molecule has 0 bridgehead atoms. The lowest BCUT2D eigenvalue weighted by molar-refractivity contribution is 0.0793. The highest BCUT2D eigenvalue weighted by Crippen LogP contribution is 2.22. The Morgan fingerprint density at radius 3 is 2.78 bits per heavy atom. The van der Waals surface area contributed by atoms with Crippen molar-refractivity contribution in [2.75, 3.05) is 18.9 Å². The number of carbonyl (C=O) groups excluding carboxylic acids is 1. The summed E-state index contributed by atoms with van der Waals surface area (Å²) in [6, 6.07) is 9.55. The first kappa shape index (κ1) is 17.5. The highest BCUT2D eigenvalue weighted by atomic mass is 79.9. The van der Waals surface area contributed by atoms with Crippen molar-refractivity contribution in [2.45, 2.75) is 26.7 Å². The fourth-order valence-corrected chi connectivity index (χ4v) is 2.47. The van der Waals surface area contributed by atoms with Gasteiger partial charge in [-0.3, -0.25) is 4.79 Å². The molecule has 0 fully saturated rings. The van der Waals surface area contributed by atoms with Gasteiger partial charge in [-0.15, -0.1) is 0 Å². The van der Waals surface area contributed by atoms with Crippen LogP contribution in [0.2, 0.25) is 0 Å². The minimum Gasteiger partial charge on any atom is -0.342 e. The number of aromatic nitrogens is 1. The number of anilines is 2. The van der Waals surface area contributed by atoms with Gasteiger partial charge in [-0.1, -0.05) is 29.3 Å². The fraction of sp³-hybridized carbons (Fsp3) is 0.333. The van der Waals surface area contributed by atoms with Crippen LogP contribution in [0.25, 0.3) is 0 Å². The molecule has 0 aliphatic heterocycles. The van der Waals surface area contributed by atoms with Crippen molar-refractivity contribution in [1.82, 2.24) is 9.88 Å². The van der Waals surface area contributed by atoms with Crippen molar-refractivity contribution >= 4 is 33.3 Å². The summed E-state index contributed by atoms with van der Waals surface area (Å²) in [5.41, 5.74) is 2.73. The molecule has 1 aromatic heterocycles. The van der Waals surface area contributed by atoms with Gasteiger partial charge in [0.15, 0.2) is 0 Å². The molecular formula is C18H22BrN3O. The predicted octanol–water partition coefficient (Wildman–Crippen LogP) is 4.77. The number of amides is 1. The van der Waals surface area contributed by atoms with Crippen molar-refractivity contribution in [3.8, 4) is 0 Å². The zero-order chi connectivity index (χ0) is 16.8. The molecule has 122 valence electrons. The molecule has 1 heterocycles. The topological polar surface area (TPSA) is 45.2 Å². The van der Waals surface area contributed by atoms with E-state index in [1.807, 2.05) is 32.2 Å². The Bertz CT molecular complexity index is 688. The number of nitrogens with zero attached hydrogens (tertiary/aromatic N) is 2. The van der Waals surface area contributed by atoms with Crippen LogP contribution in [0.5, 0.6) is 0 Å². The molecule has 0 saturated carbocycles. The van der Waals surface area contributed by atoms with Crippen LogP contribution in [0.15, 0.2) is 41.0 Å². The van der Waals surface area contributed by atoms with Gasteiger partial charge < -0.3 is 10.2 Å². The number of nitrogens with one attached hydrogen (secondary N) is 1. The van der Waals surface area contributed by atoms with Crippen molar-refractivity contribution in [3.63, 3.8) is 0 Å². The number of benzene rings is 1. The predicted molar refractivity (Wildman–Crippen MR) is 98.3 cm³/mol. The third kappa shape index (κ3) is 4.79. The van der Waals surface area contributed by atoms with Crippen LogP contribution >= 0.6 is 15.9 Å². The van der Waals surface area contributed by atoms with Crippen molar-refractivity contribution in [3.05, 3.63) is 52.1 Å². The summed E-state index contributed by atoms with van der Waals surface area (Å²) >= 11 is 3.49.